The molecule has 0 aliphatic rings. The highest BCUT2D eigenvalue weighted by Gasteiger charge is 2.01. The molecule has 0 heterocycles. The predicted molar refractivity (Wildman–Crippen MR) is 69.3 cm³/mol. The van der Waals surface area contributed by atoms with Crippen LogP contribution in [0.15, 0.2) is 36.4 Å². The van der Waals surface area contributed by atoms with E-state index in [1.54, 1.807) is 0 Å². The van der Waals surface area contributed by atoms with Crippen molar-refractivity contribution in [2.45, 2.75) is 0 Å². The van der Waals surface area contributed by atoms with Gasteiger partial charge in [-0.1, -0.05) is 18.2 Å². The zero-order valence-electron chi connectivity index (χ0n) is 9.49. The van der Waals surface area contributed by atoms with Crippen LogP contribution in [0.1, 0.15) is 5.56 Å². The van der Waals surface area contributed by atoms with Crippen molar-refractivity contribution in [2.75, 3.05) is 19.0 Å². The summed E-state index contributed by atoms with van der Waals surface area (Å²) >= 11 is 0. The van der Waals surface area contributed by atoms with Gasteiger partial charge in [0, 0.05) is 25.3 Å². The van der Waals surface area contributed by atoms with Crippen molar-refractivity contribution in [3.63, 3.8) is 0 Å². The van der Waals surface area contributed by atoms with E-state index in [0.717, 1.165) is 16.3 Å². The molecule has 16 heavy (non-hydrogen) atoms. The summed E-state index contributed by atoms with van der Waals surface area (Å²) < 4.78 is 0. The van der Waals surface area contributed by atoms with Crippen LogP contribution in [-0.2, 0) is 0 Å². The van der Waals surface area contributed by atoms with Gasteiger partial charge in [-0.15, -0.1) is 0 Å². The number of rotatable bonds is 2. The van der Waals surface area contributed by atoms with Crippen molar-refractivity contribution >= 4 is 22.3 Å². The Kier molecular flexibility index (Phi) is 2.52. The summed E-state index contributed by atoms with van der Waals surface area (Å²) in [6.07, 6.45) is 0. The van der Waals surface area contributed by atoms with Crippen LogP contribution in [0.5, 0.6) is 0 Å². The molecule has 3 N–H and O–H groups in total. The molecule has 82 valence electrons. The number of amidine groups is 1. The summed E-state index contributed by atoms with van der Waals surface area (Å²) in [5, 5.41) is 9.66. The molecule has 0 aliphatic carbocycles. The Labute approximate surface area is 95.0 Å². The molecule has 3 nitrogen and oxygen atoms in total. The van der Waals surface area contributed by atoms with Gasteiger partial charge in [0.05, 0.1) is 0 Å². The number of hydrogen-bond acceptors (Lipinski definition) is 2. The summed E-state index contributed by atoms with van der Waals surface area (Å²) in [5.74, 6) is 0.110. The second kappa shape index (κ2) is 3.85. The van der Waals surface area contributed by atoms with Crippen LogP contribution in [-0.4, -0.2) is 19.9 Å². The fourth-order valence-corrected chi connectivity index (χ4v) is 1.68. The maximum atomic E-state index is 7.39. The van der Waals surface area contributed by atoms with Gasteiger partial charge in [0.2, 0.25) is 0 Å². The van der Waals surface area contributed by atoms with E-state index in [1.165, 1.54) is 5.69 Å². The monoisotopic (exact) mass is 213 g/mol. The number of fused-ring (bicyclic) bond motifs is 1. The Morgan fingerprint density at radius 1 is 1.06 bits per heavy atom. The molecule has 3 heteroatoms. The molecule has 2 rings (SSSR count). The molecular weight excluding hydrogens is 198 g/mol. The first-order valence-corrected chi connectivity index (χ1v) is 5.13. The SMILES string of the molecule is CN(C)c1ccc2cc(C(=N)N)ccc2c1. The molecule has 0 aromatic heterocycles. The van der Waals surface area contributed by atoms with Gasteiger partial charge in [-0.3, -0.25) is 5.41 Å². The topological polar surface area (TPSA) is 53.1 Å². The number of nitrogens with zero attached hydrogens (tertiary/aromatic N) is 1. The van der Waals surface area contributed by atoms with Gasteiger partial charge in [-0.2, -0.15) is 0 Å². The fourth-order valence-electron chi connectivity index (χ4n) is 1.68. The lowest BCUT2D eigenvalue weighted by molar-refractivity contribution is 1.14. The molecule has 0 aliphatic heterocycles. The van der Waals surface area contributed by atoms with Crippen LogP contribution < -0.4 is 10.6 Å². The van der Waals surface area contributed by atoms with Crippen molar-refractivity contribution in [2.24, 2.45) is 5.73 Å². The van der Waals surface area contributed by atoms with Crippen molar-refractivity contribution < 1.29 is 0 Å². The minimum Gasteiger partial charge on any atom is -0.384 e. The molecule has 0 spiro atoms. The van der Waals surface area contributed by atoms with Crippen LogP contribution in [0.25, 0.3) is 10.8 Å². The molecule has 0 radical (unpaired) electrons. The first kappa shape index (κ1) is 10.5. The summed E-state index contributed by atoms with van der Waals surface area (Å²) in [6.45, 7) is 0. The predicted octanol–water partition coefficient (Wildman–Crippen LogP) is 2.19. The maximum Gasteiger partial charge on any atom is 0.122 e. The van der Waals surface area contributed by atoms with E-state index in [9.17, 15) is 0 Å². The minimum absolute atomic E-state index is 0.110. The summed E-state index contributed by atoms with van der Waals surface area (Å²) in [7, 11) is 4.04. The van der Waals surface area contributed by atoms with Gasteiger partial charge in [-0.25, -0.2) is 0 Å². The Morgan fingerprint density at radius 2 is 1.69 bits per heavy atom. The Morgan fingerprint density at radius 3 is 2.31 bits per heavy atom. The quantitative estimate of drug-likeness (QED) is 0.593. The lowest BCUT2D eigenvalue weighted by Gasteiger charge is -2.13. The lowest BCUT2D eigenvalue weighted by atomic mass is 10.1. The van der Waals surface area contributed by atoms with E-state index >= 15 is 0 Å². The summed E-state index contributed by atoms with van der Waals surface area (Å²) in [5.41, 5.74) is 7.40. The van der Waals surface area contributed by atoms with Gasteiger partial charge >= 0.3 is 0 Å². The minimum atomic E-state index is 0.110. The number of hydrogen-bond donors (Lipinski definition) is 2. The first-order valence-electron chi connectivity index (χ1n) is 5.13. The normalized spacial score (nSPS) is 10.4. The smallest absolute Gasteiger partial charge is 0.122 e. The van der Waals surface area contributed by atoms with E-state index in [2.05, 4.69) is 23.1 Å². The van der Waals surface area contributed by atoms with Crippen LogP contribution in [0.4, 0.5) is 5.69 Å². The van der Waals surface area contributed by atoms with Gasteiger partial charge in [0.25, 0.3) is 0 Å². The number of anilines is 1. The van der Waals surface area contributed by atoms with E-state index < -0.39 is 0 Å². The average molecular weight is 213 g/mol. The third-order valence-corrected chi connectivity index (χ3v) is 2.65. The van der Waals surface area contributed by atoms with Crippen LogP contribution >= 0.6 is 0 Å². The summed E-state index contributed by atoms with van der Waals surface area (Å²) in [6, 6.07) is 12.1. The molecule has 0 atom stereocenters. The Hall–Kier alpha value is -2.03. The molecule has 2 aromatic carbocycles. The third kappa shape index (κ3) is 1.84. The number of nitrogens with two attached hydrogens (primary N) is 1. The Bertz CT molecular complexity index is 544. The molecule has 0 unspecified atom stereocenters. The Balaban J connectivity index is 2.57. The van der Waals surface area contributed by atoms with E-state index in [0.29, 0.717) is 0 Å². The number of nitrogens with one attached hydrogen (secondary N) is 1. The zero-order chi connectivity index (χ0) is 11.7. The molecule has 2 aromatic rings. The van der Waals surface area contributed by atoms with Crippen molar-refractivity contribution in [3.8, 4) is 0 Å². The molecule has 0 bridgehead atoms. The second-order valence-corrected chi connectivity index (χ2v) is 4.05. The summed E-state index contributed by atoms with van der Waals surface area (Å²) in [4.78, 5) is 2.07. The molecular formula is C13H15N3. The van der Waals surface area contributed by atoms with E-state index in [1.807, 2.05) is 32.3 Å². The van der Waals surface area contributed by atoms with Gasteiger partial charge in [0.1, 0.15) is 5.84 Å². The number of benzene rings is 2. The molecule has 0 saturated heterocycles. The van der Waals surface area contributed by atoms with Crippen molar-refractivity contribution in [1.29, 1.82) is 5.41 Å². The lowest BCUT2D eigenvalue weighted by Crippen LogP contribution is -2.10. The van der Waals surface area contributed by atoms with Crippen molar-refractivity contribution in [1.82, 2.24) is 0 Å². The van der Waals surface area contributed by atoms with E-state index in [4.69, 9.17) is 11.1 Å². The van der Waals surface area contributed by atoms with Crippen molar-refractivity contribution in [3.05, 3.63) is 42.0 Å². The van der Waals surface area contributed by atoms with Crippen LogP contribution in [0.3, 0.4) is 0 Å². The van der Waals surface area contributed by atoms with Gasteiger partial charge < -0.3 is 10.6 Å². The highest BCUT2D eigenvalue weighted by Crippen LogP contribution is 2.21. The van der Waals surface area contributed by atoms with Gasteiger partial charge in [0.15, 0.2) is 0 Å². The fraction of sp³-hybridized carbons (Fsp3) is 0.154. The van der Waals surface area contributed by atoms with Crippen LogP contribution in [0.2, 0.25) is 0 Å². The highest BCUT2D eigenvalue weighted by molar-refractivity contribution is 5.99. The zero-order valence-corrected chi connectivity index (χ0v) is 9.49. The first-order chi connectivity index (χ1) is 7.58. The largest absolute Gasteiger partial charge is 0.384 e. The maximum absolute atomic E-state index is 7.39. The van der Waals surface area contributed by atoms with E-state index in [-0.39, 0.29) is 5.84 Å². The molecule has 0 fully saturated rings. The second-order valence-electron chi connectivity index (χ2n) is 4.05. The van der Waals surface area contributed by atoms with Gasteiger partial charge in [-0.05, 0) is 29.0 Å². The standard InChI is InChI=1S/C13H15N3/c1-16(2)12-6-5-9-7-11(13(14)15)4-3-10(9)8-12/h3-8H,1-2H3,(H3,14,15). The van der Waals surface area contributed by atoms with Crippen LogP contribution in [0, 0.1) is 5.41 Å². The number of nitrogen functional groups attached to an aromatic ring is 1. The molecule has 0 saturated carbocycles. The average Bonchev–Trinajstić information content (AvgIpc) is 2.27. The highest BCUT2D eigenvalue weighted by atomic mass is 15.1. The molecule has 0 amide bonds. The third-order valence-electron chi connectivity index (χ3n) is 2.65.